The molecule has 220 valence electrons. The molecule has 0 radical (unpaired) electrons. The lowest BCUT2D eigenvalue weighted by molar-refractivity contribution is -0.140. The van der Waals surface area contributed by atoms with Gasteiger partial charge in [-0.2, -0.15) is 0 Å². The van der Waals surface area contributed by atoms with Gasteiger partial charge in [0.1, 0.15) is 24.1 Å². The van der Waals surface area contributed by atoms with Crippen LogP contribution in [0.3, 0.4) is 0 Å². The largest absolute Gasteiger partial charge is 0.497 e. The van der Waals surface area contributed by atoms with E-state index in [1.807, 2.05) is 75.4 Å². The Labute approximate surface area is 243 Å². The molecule has 1 N–H and O–H groups in total. The first-order valence-corrected chi connectivity index (χ1v) is 15.2. The van der Waals surface area contributed by atoms with Gasteiger partial charge in [-0.3, -0.25) is 13.9 Å². The zero-order valence-electron chi connectivity index (χ0n) is 24.5. The Kier molecular flexibility index (Phi) is 10.8. The van der Waals surface area contributed by atoms with Crippen molar-refractivity contribution in [3.63, 3.8) is 0 Å². The third-order valence-electron chi connectivity index (χ3n) is 6.47. The topological polar surface area (TPSA) is 105 Å². The Balaban J connectivity index is 2.11. The molecule has 0 heterocycles. The van der Waals surface area contributed by atoms with Gasteiger partial charge in [-0.15, -0.1) is 0 Å². The van der Waals surface area contributed by atoms with Gasteiger partial charge in [-0.1, -0.05) is 60.2 Å². The highest BCUT2D eigenvalue weighted by molar-refractivity contribution is 7.92. The maximum atomic E-state index is 14.2. The summed E-state index contributed by atoms with van der Waals surface area (Å²) in [6.45, 7) is 5.21. The molecule has 0 aromatic heterocycles. The van der Waals surface area contributed by atoms with Gasteiger partial charge in [0, 0.05) is 25.1 Å². The van der Waals surface area contributed by atoms with Crippen molar-refractivity contribution in [3.05, 3.63) is 89.5 Å². The van der Waals surface area contributed by atoms with Crippen molar-refractivity contribution in [2.24, 2.45) is 0 Å². The second kappa shape index (κ2) is 14.0. The molecule has 0 aliphatic heterocycles. The minimum absolute atomic E-state index is 0.108. The number of methoxy groups -OCH3 is 2. The van der Waals surface area contributed by atoms with E-state index in [0.29, 0.717) is 5.75 Å². The molecular formula is C31H39N3O6S. The summed E-state index contributed by atoms with van der Waals surface area (Å²) >= 11 is 0. The average molecular weight is 582 g/mol. The Bertz CT molecular complexity index is 1440. The molecule has 0 fully saturated rings. The quantitative estimate of drug-likeness (QED) is 0.328. The SMILES string of the molecule is COc1ccc(OC)c(N(CC(=O)N(Cc2cccc(C)c2)[C@H](Cc2ccccc2)C(=O)NC(C)C)S(C)(=O)=O)c1. The van der Waals surface area contributed by atoms with E-state index in [-0.39, 0.29) is 36.4 Å². The van der Waals surface area contributed by atoms with Crippen LogP contribution in [0.5, 0.6) is 11.5 Å². The fourth-order valence-electron chi connectivity index (χ4n) is 4.53. The van der Waals surface area contributed by atoms with Crippen LogP contribution in [-0.2, 0) is 32.6 Å². The van der Waals surface area contributed by atoms with Crippen LogP contribution in [0.15, 0.2) is 72.8 Å². The van der Waals surface area contributed by atoms with Crippen LogP contribution in [0.25, 0.3) is 0 Å². The minimum atomic E-state index is -3.96. The number of hydrogen-bond acceptors (Lipinski definition) is 6. The summed E-state index contributed by atoms with van der Waals surface area (Å²) in [6, 6.07) is 20.7. The Morgan fingerprint density at radius 3 is 2.17 bits per heavy atom. The number of nitrogens with zero attached hydrogens (tertiary/aromatic N) is 2. The molecule has 3 rings (SSSR count). The molecule has 0 saturated heterocycles. The molecule has 0 aliphatic carbocycles. The number of sulfonamides is 1. The van der Waals surface area contributed by atoms with Gasteiger partial charge in [-0.25, -0.2) is 8.42 Å². The number of anilines is 1. The molecular weight excluding hydrogens is 542 g/mol. The van der Waals surface area contributed by atoms with E-state index in [1.54, 1.807) is 12.1 Å². The van der Waals surface area contributed by atoms with Gasteiger partial charge >= 0.3 is 0 Å². The van der Waals surface area contributed by atoms with E-state index in [2.05, 4.69) is 5.32 Å². The molecule has 3 aromatic carbocycles. The minimum Gasteiger partial charge on any atom is -0.497 e. The number of aryl methyl sites for hydroxylation is 1. The van der Waals surface area contributed by atoms with E-state index >= 15 is 0 Å². The highest BCUT2D eigenvalue weighted by atomic mass is 32.2. The zero-order chi connectivity index (χ0) is 30.2. The number of rotatable bonds is 13. The highest BCUT2D eigenvalue weighted by Gasteiger charge is 2.34. The molecule has 9 nitrogen and oxygen atoms in total. The Morgan fingerprint density at radius 1 is 0.902 bits per heavy atom. The van der Waals surface area contributed by atoms with Crippen LogP contribution < -0.4 is 19.1 Å². The summed E-state index contributed by atoms with van der Waals surface area (Å²) in [6.07, 6.45) is 1.27. The molecule has 0 aliphatic rings. The molecule has 0 spiro atoms. The molecule has 0 unspecified atom stereocenters. The zero-order valence-corrected chi connectivity index (χ0v) is 25.3. The van der Waals surface area contributed by atoms with Gasteiger partial charge in [0.05, 0.1) is 26.2 Å². The van der Waals surface area contributed by atoms with Gasteiger partial charge in [0.25, 0.3) is 0 Å². The van der Waals surface area contributed by atoms with Gasteiger partial charge in [0.2, 0.25) is 21.8 Å². The molecule has 0 saturated carbocycles. The second-order valence-electron chi connectivity index (χ2n) is 10.2. The smallest absolute Gasteiger partial charge is 0.244 e. The van der Waals surface area contributed by atoms with Crippen LogP contribution >= 0.6 is 0 Å². The number of benzene rings is 3. The van der Waals surface area contributed by atoms with Crippen molar-refractivity contribution in [3.8, 4) is 11.5 Å². The van der Waals surface area contributed by atoms with Crippen LogP contribution in [0, 0.1) is 6.92 Å². The summed E-state index contributed by atoms with van der Waals surface area (Å²) in [7, 11) is -1.07. The van der Waals surface area contributed by atoms with Gasteiger partial charge < -0.3 is 19.7 Å². The molecule has 41 heavy (non-hydrogen) atoms. The molecule has 0 bridgehead atoms. The lowest BCUT2D eigenvalue weighted by Gasteiger charge is -2.34. The predicted molar refractivity (Wildman–Crippen MR) is 161 cm³/mol. The van der Waals surface area contributed by atoms with Crippen molar-refractivity contribution in [1.29, 1.82) is 0 Å². The summed E-state index contributed by atoms with van der Waals surface area (Å²) in [4.78, 5) is 29.3. The summed E-state index contributed by atoms with van der Waals surface area (Å²) in [5, 5.41) is 2.94. The standard InChI is InChI=1S/C31H39N3O6S/c1-22(2)32-31(36)28(18-24-12-8-7-9-13-24)33(20-25-14-10-11-23(3)17-25)30(35)21-34(41(6,37)38)27-19-26(39-4)15-16-29(27)40-5/h7-17,19,22,28H,18,20-21H2,1-6H3,(H,32,36)/t28-/m1/s1. The van der Waals surface area contributed by atoms with Crippen molar-refractivity contribution in [1.82, 2.24) is 10.2 Å². The number of hydrogen-bond donors (Lipinski definition) is 1. The normalized spacial score (nSPS) is 12.0. The van der Waals surface area contributed by atoms with Crippen molar-refractivity contribution >= 4 is 27.5 Å². The monoisotopic (exact) mass is 581 g/mol. The molecule has 2 amide bonds. The number of carbonyl (C=O) groups is 2. The van der Waals surface area contributed by atoms with Crippen LogP contribution in [0.2, 0.25) is 0 Å². The summed E-state index contributed by atoms with van der Waals surface area (Å²) < 4.78 is 37.9. The molecule has 10 heteroatoms. The number of nitrogens with one attached hydrogen (secondary N) is 1. The van der Waals surface area contributed by atoms with Crippen LogP contribution in [0.1, 0.15) is 30.5 Å². The third kappa shape index (κ3) is 8.72. The fraction of sp³-hybridized carbons (Fsp3) is 0.355. The molecule has 3 aromatic rings. The van der Waals surface area contributed by atoms with E-state index in [9.17, 15) is 18.0 Å². The molecule has 1 atom stereocenters. The Hall–Kier alpha value is -4.05. The van der Waals surface area contributed by atoms with Crippen molar-refractivity contribution < 1.29 is 27.5 Å². The van der Waals surface area contributed by atoms with E-state index in [4.69, 9.17) is 9.47 Å². The summed E-state index contributed by atoms with van der Waals surface area (Å²) in [5.74, 6) is -0.208. The highest BCUT2D eigenvalue weighted by Crippen LogP contribution is 2.34. The van der Waals surface area contributed by atoms with E-state index < -0.39 is 28.5 Å². The van der Waals surface area contributed by atoms with Crippen LogP contribution in [-0.4, -0.2) is 64.2 Å². The predicted octanol–water partition coefficient (Wildman–Crippen LogP) is 3.94. The first-order valence-electron chi connectivity index (χ1n) is 13.3. The Morgan fingerprint density at radius 2 is 1.59 bits per heavy atom. The number of ether oxygens (including phenoxy) is 2. The van der Waals surface area contributed by atoms with Crippen molar-refractivity contribution in [2.75, 3.05) is 31.3 Å². The average Bonchev–Trinajstić information content (AvgIpc) is 2.92. The second-order valence-corrected chi connectivity index (χ2v) is 12.1. The lowest BCUT2D eigenvalue weighted by Crippen LogP contribution is -2.54. The maximum absolute atomic E-state index is 14.2. The van der Waals surface area contributed by atoms with Gasteiger partial charge in [-0.05, 0) is 44.0 Å². The first-order chi connectivity index (χ1) is 19.4. The lowest BCUT2D eigenvalue weighted by atomic mass is 10.0. The summed E-state index contributed by atoms with van der Waals surface area (Å²) in [5.41, 5.74) is 2.84. The van der Waals surface area contributed by atoms with E-state index in [1.165, 1.54) is 25.2 Å². The fourth-order valence-corrected chi connectivity index (χ4v) is 5.37. The number of amides is 2. The van der Waals surface area contributed by atoms with Gasteiger partial charge in [0.15, 0.2) is 0 Å². The third-order valence-corrected chi connectivity index (χ3v) is 7.60. The van der Waals surface area contributed by atoms with Crippen LogP contribution in [0.4, 0.5) is 5.69 Å². The van der Waals surface area contributed by atoms with Crippen molar-refractivity contribution in [2.45, 2.75) is 45.8 Å². The maximum Gasteiger partial charge on any atom is 0.244 e. The number of carbonyl (C=O) groups excluding carboxylic acids is 2. The van der Waals surface area contributed by atoms with E-state index in [0.717, 1.165) is 27.3 Å². The first kappa shape index (κ1) is 31.5.